The van der Waals surface area contributed by atoms with Gasteiger partial charge in [0.25, 0.3) is 0 Å². The SMILES string of the molecule is C.CC(C)(C)c1cnc([18F])nc1. The van der Waals surface area contributed by atoms with Gasteiger partial charge in [-0.05, 0) is 11.0 Å². The maximum absolute atomic E-state index is 12.3. The summed E-state index contributed by atoms with van der Waals surface area (Å²) in [6.07, 6.45) is 2.36. The Morgan fingerprint density at radius 3 is 1.92 bits per heavy atom. The molecule has 0 atom stereocenters. The van der Waals surface area contributed by atoms with Crippen molar-refractivity contribution in [2.24, 2.45) is 0 Å². The second-order valence-corrected chi connectivity index (χ2v) is 3.49. The number of rotatable bonds is 0. The number of nitrogens with zero attached hydrogens (tertiary/aromatic N) is 2. The van der Waals surface area contributed by atoms with Crippen LogP contribution in [0.15, 0.2) is 12.4 Å². The van der Waals surface area contributed by atoms with Gasteiger partial charge in [0.15, 0.2) is 0 Å². The summed E-state index contributed by atoms with van der Waals surface area (Å²) in [6.45, 7) is 6.09. The van der Waals surface area contributed by atoms with Crippen molar-refractivity contribution in [3.05, 3.63) is 24.0 Å². The minimum atomic E-state index is -0.669. The first-order valence-electron chi connectivity index (χ1n) is 3.48. The monoisotopic (exact) mass is 169 g/mol. The first kappa shape index (κ1) is 11.0. The van der Waals surface area contributed by atoms with Gasteiger partial charge in [0, 0.05) is 12.4 Å². The highest BCUT2D eigenvalue weighted by Gasteiger charge is 2.13. The third kappa shape index (κ3) is 2.57. The zero-order chi connectivity index (χ0) is 8.48. The fourth-order valence-corrected chi connectivity index (χ4v) is 0.700. The van der Waals surface area contributed by atoms with Gasteiger partial charge in [0.05, 0.1) is 0 Å². The molecule has 12 heavy (non-hydrogen) atoms. The van der Waals surface area contributed by atoms with E-state index in [4.69, 9.17) is 0 Å². The summed E-state index contributed by atoms with van der Waals surface area (Å²) in [7, 11) is 0. The Balaban J connectivity index is 0.00000121. The van der Waals surface area contributed by atoms with Crippen LogP contribution in [-0.4, -0.2) is 9.97 Å². The van der Waals surface area contributed by atoms with Crippen molar-refractivity contribution in [3.8, 4) is 0 Å². The van der Waals surface area contributed by atoms with E-state index in [2.05, 4.69) is 9.97 Å². The average molecular weight is 169 g/mol. The maximum atomic E-state index is 12.3. The average Bonchev–Trinajstić information content (AvgIpc) is 1.86. The Morgan fingerprint density at radius 1 is 1.17 bits per heavy atom. The summed E-state index contributed by atoms with van der Waals surface area (Å²) >= 11 is 0. The van der Waals surface area contributed by atoms with E-state index in [1.807, 2.05) is 20.8 Å². The Labute approximate surface area is 72.9 Å². The summed E-state index contributed by atoms with van der Waals surface area (Å²) in [4.78, 5) is 6.94. The molecule has 0 aliphatic rings. The van der Waals surface area contributed by atoms with Crippen molar-refractivity contribution in [2.45, 2.75) is 33.6 Å². The molecule has 68 valence electrons. The summed E-state index contributed by atoms with van der Waals surface area (Å²) in [5.74, 6) is 0. The zero-order valence-corrected chi connectivity index (χ0v) is 6.93. The first-order chi connectivity index (χ1) is 5.00. The second-order valence-electron chi connectivity index (χ2n) is 3.49. The molecule has 0 spiro atoms. The van der Waals surface area contributed by atoms with Crippen molar-refractivity contribution in [1.82, 2.24) is 9.97 Å². The Kier molecular flexibility index (Phi) is 3.31. The Bertz CT molecular complexity index is 236. The topological polar surface area (TPSA) is 25.8 Å². The van der Waals surface area contributed by atoms with Crippen LogP contribution in [0.4, 0.5) is 4.39 Å². The van der Waals surface area contributed by atoms with Gasteiger partial charge in [-0.25, -0.2) is 9.97 Å². The van der Waals surface area contributed by atoms with E-state index in [-0.39, 0.29) is 12.8 Å². The molecule has 1 heterocycles. The lowest BCUT2D eigenvalue weighted by molar-refractivity contribution is 0.521. The highest BCUT2D eigenvalue weighted by molar-refractivity contribution is 5.13. The van der Waals surface area contributed by atoms with Gasteiger partial charge < -0.3 is 0 Å². The molecule has 0 aromatic carbocycles. The van der Waals surface area contributed by atoms with Crippen molar-refractivity contribution in [3.63, 3.8) is 0 Å². The van der Waals surface area contributed by atoms with Crippen molar-refractivity contribution >= 4 is 0 Å². The van der Waals surface area contributed by atoms with Crippen LogP contribution in [0.5, 0.6) is 0 Å². The van der Waals surface area contributed by atoms with E-state index in [1.54, 1.807) is 0 Å². The van der Waals surface area contributed by atoms with Gasteiger partial charge >= 0.3 is 6.08 Å². The molecule has 3 heteroatoms. The molecule has 0 amide bonds. The number of aromatic nitrogens is 2. The predicted octanol–water partition coefficient (Wildman–Crippen LogP) is 2.55. The fourth-order valence-electron chi connectivity index (χ4n) is 0.700. The molecule has 0 aliphatic carbocycles. The molecule has 1 aromatic heterocycles. The van der Waals surface area contributed by atoms with Gasteiger partial charge in [0.1, 0.15) is 0 Å². The van der Waals surface area contributed by atoms with E-state index < -0.39 is 6.08 Å². The van der Waals surface area contributed by atoms with Crippen molar-refractivity contribution in [2.75, 3.05) is 0 Å². The molecule has 0 radical (unpaired) electrons. The lowest BCUT2D eigenvalue weighted by Crippen LogP contribution is -2.12. The maximum Gasteiger partial charge on any atom is 0.308 e. The second kappa shape index (κ2) is 3.61. The van der Waals surface area contributed by atoms with E-state index in [0.717, 1.165) is 5.56 Å². The lowest BCUT2D eigenvalue weighted by atomic mass is 9.89. The summed E-state index contributed by atoms with van der Waals surface area (Å²) < 4.78 is 12.3. The molecule has 0 unspecified atom stereocenters. The fraction of sp³-hybridized carbons (Fsp3) is 0.556. The number of hydrogen-bond acceptors (Lipinski definition) is 2. The number of halogens is 1. The lowest BCUT2D eigenvalue weighted by Gasteiger charge is -2.16. The molecule has 0 N–H and O–H groups in total. The van der Waals surface area contributed by atoms with Gasteiger partial charge in [-0.15, -0.1) is 0 Å². The third-order valence-corrected chi connectivity index (χ3v) is 1.49. The Morgan fingerprint density at radius 2 is 1.58 bits per heavy atom. The molecule has 0 saturated carbocycles. The largest absolute Gasteiger partial charge is 0.308 e. The molecule has 0 fully saturated rings. The quantitative estimate of drug-likeness (QED) is 0.558. The van der Waals surface area contributed by atoms with Gasteiger partial charge in [0.2, 0.25) is 0 Å². The van der Waals surface area contributed by atoms with Crippen molar-refractivity contribution in [1.29, 1.82) is 0 Å². The molecule has 2 nitrogen and oxygen atoms in total. The Hall–Kier alpha value is -0.990. The molecule has 1 rings (SSSR count). The van der Waals surface area contributed by atoms with Gasteiger partial charge in [-0.2, -0.15) is 4.39 Å². The first-order valence-corrected chi connectivity index (χ1v) is 3.48. The molecular formula is C9H15FN2. The van der Waals surface area contributed by atoms with Gasteiger partial charge in [-0.1, -0.05) is 28.2 Å². The van der Waals surface area contributed by atoms with E-state index >= 15 is 0 Å². The third-order valence-electron chi connectivity index (χ3n) is 1.49. The molecule has 0 saturated heterocycles. The highest BCUT2D eigenvalue weighted by Crippen LogP contribution is 2.19. The highest BCUT2D eigenvalue weighted by atomic mass is 18.2. The van der Waals surface area contributed by atoms with Gasteiger partial charge in [-0.3, -0.25) is 0 Å². The minimum absolute atomic E-state index is 0. The van der Waals surface area contributed by atoms with Crippen LogP contribution in [-0.2, 0) is 5.41 Å². The van der Waals surface area contributed by atoms with E-state index in [0.29, 0.717) is 0 Å². The molecule has 0 bridgehead atoms. The van der Waals surface area contributed by atoms with Crippen LogP contribution in [0.3, 0.4) is 0 Å². The molecule has 0 aliphatic heterocycles. The standard InChI is InChI=1S/C8H11FN2.CH4/c1-8(2,3)6-4-10-7(9)11-5-6;/h4-5H,1-3H3;1H4/i9-1;. The summed E-state index contributed by atoms with van der Waals surface area (Å²) in [6, 6.07) is 0. The van der Waals surface area contributed by atoms with E-state index in [1.165, 1.54) is 12.4 Å². The number of hydrogen-bond donors (Lipinski definition) is 0. The van der Waals surface area contributed by atoms with E-state index in [9.17, 15) is 4.39 Å². The van der Waals surface area contributed by atoms with Crippen LogP contribution >= 0.6 is 0 Å². The predicted molar refractivity (Wildman–Crippen MR) is 47.4 cm³/mol. The van der Waals surface area contributed by atoms with Crippen LogP contribution in [0.1, 0.15) is 33.8 Å². The van der Waals surface area contributed by atoms with Crippen LogP contribution in [0, 0.1) is 6.08 Å². The molecular weight excluding hydrogens is 154 g/mol. The smallest absolute Gasteiger partial charge is 0.210 e. The van der Waals surface area contributed by atoms with Crippen molar-refractivity contribution < 1.29 is 4.39 Å². The van der Waals surface area contributed by atoms with Crippen LogP contribution in [0.2, 0.25) is 0 Å². The minimum Gasteiger partial charge on any atom is -0.210 e. The van der Waals surface area contributed by atoms with Crippen LogP contribution < -0.4 is 0 Å². The van der Waals surface area contributed by atoms with Crippen LogP contribution in [0.25, 0.3) is 0 Å². The molecule has 1 aromatic rings. The summed E-state index contributed by atoms with van der Waals surface area (Å²) in [5, 5.41) is 0. The zero-order valence-electron chi connectivity index (χ0n) is 6.93. The summed E-state index contributed by atoms with van der Waals surface area (Å²) in [5.41, 5.74) is 0.937. The normalized spacial score (nSPS) is 10.7.